The monoisotopic (exact) mass is 436 g/mol. The van der Waals surface area contributed by atoms with Gasteiger partial charge in [0, 0.05) is 24.4 Å². The number of nitrogens with zero attached hydrogens (tertiary/aromatic N) is 7. The predicted molar refractivity (Wildman–Crippen MR) is 120 cm³/mol. The Balaban J connectivity index is 1.43. The first-order valence-electron chi connectivity index (χ1n) is 9.84. The number of anilines is 1. The summed E-state index contributed by atoms with van der Waals surface area (Å²) in [6, 6.07) is 12.5. The second-order valence-electron chi connectivity index (χ2n) is 7.02. The number of fused-ring (bicyclic) bond motifs is 1. The Kier molecular flexibility index (Phi) is 5.99. The number of non-ortho nitro benzene ring substituents is 1. The molecule has 2 aromatic carbocycles. The summed E-state index contributed by atoms with van der Waals surface area (Å²) >= 11 is 1.28. The molecule has 0 aliphatic rings. The van der Waals surface area contributed by atoms with Gasteiger partial charge in [0.2, 0.25) is 11.5 Å². The van der Waals surface area contributed by atoms with Crippen LogP contribution in [0.1, 0.15) is 6.92 Å². The van der Waals surface area contributed by atoms with Gasteiger partial charge in [0.15, 0.2) is 0 Å². The zero-order valence-corrected chi connectivity index (χ0v) is 18.1. The number of aromatic nitrogens is 3. The van der Waals surface area contributed by atoms with Gasteiger partial charge in [-0.1, -0.05) is 11.3 Å². The first-order chi connectivity index (χ1) is 15.0. The van der Waals surface area contributed by atoms with Gasteiger partial charge >= 0.3 is 0 Å². The van der Waals surface area contributed by atoms with E-state index in [0.29, 0.717) is 15.3 Å². The molecule has 0 bridgehead atoms. The van der Waals surface area contributed by atoms with E-state index in [1.807, 2.05) is 42.1 Å². The van der Waals surface area contributed by atoms with Crippen LogP contribution in [-0.2, 0) is 13.6 Å². The second-order valence-corrected chi connectivity index (χ2v) is 8.03. The van der Waals surface area contributed by atoms with Crippen molar-refractivity contribution in [2.75, 3.05) is 18.0 Å². The maximum Gasteiger partial charge on any atom is 0.270 e. The Hall–Kier alpha value is -3.66. The normalized spacial score (nSPS) is 11.4. The highest BCUT2D eigenvalue weighted by molar-refractivity contribution is 7.21. The minimum absolute atomic E-state index is 0.0429. The smallest absolute Gasteiger partial charge is 0.270 e. The maximum atomic E-state index is 10.9. The molecule has 0 saturated heterocycles. The van der Waals surface area contributed by atoms with Crippen molar-refractivity contribution in [3.05, 3.63) is 71.3 Å². The summed E-state index contributed by atoms with van der Waals surface area (Å²) in [5.74, 6) is 0. The van der Waals surface area contributed by atoms with E-state index in [0.717, 1.165) is 31.0 Å². The van der Waals surface area contributed by atoms with Gasteiger partial charge in [0.1, 0.15) is 18.9 Å². The summed E-state index contributed by atoms with van der Waals surface area (Å²) in [6.07, 6.45) is 6.16. The largest absolute Gasteiger partial charge is 0.368 e. The molecule has 0 radical (unpaired) electrons. The number of rotatable bonds is 8. The van der Waals surface area contributed by atoms with Crippen LogP contribution in [0.5, 0.6) is 0 Å². The fourth-order valence-electron chi connectivity index (χ4n) is 3.23. The summed E-state index contributed by atoms with van der Waals surface area (Å²) in [5.41, 5.74) is 2.57. The molecule has 10 heteroatoms. The number of hydrogen-bond donors (Lipinski definition) is 0. The molecule has 9 nitrogen and oxygen atoms in total. The predicted octanol–water partition coefficient (Wildman–Crippen LogP) is 4.77. The molecule has 2 heterocycles. The van der Waals surface area contributed by atoms with Crippen LogP contribution in [0.4, 0.5) is 22.2 Å². The highest BCUT2D eigenvalue weighted by Gasteiger charge is 2.10. The number of nitro groups is 1. The Labute approximate surface area is 183 Å². The zero-order chi connectivity index (χ0) is 21.8. The topological polar surface area (TPSA) is 92.8 Å². The van der Waals surface area contributed by atoms with Crippen molar-refractivity contribution in [2.24, 2.45) is 17.3 Å². The third-order valence-electron chi connectivity index (χ3n) is 4.87. The molecule has 0 N–H and O–H groups in total. The summed E-state index contributed by atoms with van der Waals surface area (Å²) < 4.78 is 4.91. The molecule has 4 aromatic rings. The third-order valence-corrected chi connectivity index (χ3v) is 5.77. The lowest BCUT2D eigenvalue weighted by atomic mass is 10.2. The SMILES string of the molecule is CCN(CCn1cc[n+](C)c1)c1ccc(/N=N/c2nc3ccc([N+](=O)[O-])cc3s2)cc1. The van der Waals surface area contributed by atoms with Crippen LogP contribution in [0.3, 0.4) is 0 Å². The zero-order valence-electron chi connectivity index (χ0n) is 17.3. The molecule has 0 amide bonds. The number of likely N-dealkylation sites (N-methyl/N-ethyl adjacent to an activating group) is 1. The fraction of sp³-hybridized carbons (Fsp3) is 0.238. The molecular formula is C21H22N7O2S+. The van der Waals surface area contributed by atoms with Crippen LogP contribution >= 0.6 is 11.3 Å². The van der Waals surface area contributed by atoms with Crippen LogP contribution in [0.25, 0.3) is 10.2 Å². The molecule has 0 aliphatic carbocycles. The average molecular weight is 437 g/mol. The van der Waals surface area contributed by atoms with Crippen LogP contribution in [0, 0.1) is 10.1 Å². The van der Waals surface area contributed by atoms with Crippen molar-refractivity contribution < 1.29 is 9.49 Å². The first kappa shape index (κ1) is 20.6. The molecule has 0 fully saturated rings. The number of nitro benzene ring substituents is 1. The van der Waals surface area contributed by atoms with Crippen LogP contribution in [0.15, 0.2) is 71.4 Å². The number of thiazole rings is 1. The van der Waals surface area contributed by atoms with E-state index < -0.39 is 4.92 Å². The van der Waals surface area contributed by atoms with E-state index in [1.165, 1.54) is 23.5 Å². The van der Waals surface area contributed by atoms with Gasteiger partial charge in [0.25, 0.3) is 5.69 Å². The van der Waals surface area contributed by atoms with E-state index >= 15 is 0 Å². The summed E-state index contributed by atoms with van der Waals surface area (Å²) in [6.45, 7) is 4.86. The Bertz CT molecular complexity index is 1230. The number of benzene rings is 2. The van der Waals surface area contributed by atoms with E-state index in [4.69, 9.17) is 0 Å². The van der Waals surface area contributed by atoms with Gasteiger partial charge < -0.3 is 4.90 Å². The third kappa shape index (κ3) is 4.92. The molecule has 0 spiro atoms. The van der Waals surface area contributed by atoms with Crippen molar-refractivity contribution >= 4 is 43.7 Å². The Morgan fingerprint density at radius 2 is 2.03 bits per heavy atom. The molecule has 4 rings (SSSR count). The molecule has 0 atom stereocenters. The van der Waals surface area contributed by atoms with Gasteiger partial charge in [0.05, 0.1) is 34.4 Å². The number of hydrogen-bond acceptors (Lipinski definition) is 7. The van der Waals surface area contributed by atoms with Crippen molar-refractivity contribution in [1.82, 2.24) is 9.55 Å². The Morgan fingerprint density at radius 3 is 2.71 bits per heavy atom. The van der Waals surface area contributed by atoms with E-state index in [-0.39, 0.29) is 5.69 Å². The van der Waals surface area contributed by atoms with Gasteiger partial charge in [-0.15, -0.1) is 10.2 Å². The molecule has 31 heavy (non-hydrogen) atoms. The maximum absolute atomic E-state index is 10.9. The average Bonchev–Trinajstić information content (AvgIpc) is 3.38. The summed E-state index contributed by atoms with van der Waals surface area (Å²) in [5, 5.41) is 19.9. The van der Waals surface area contributed by atoms with Gasteiger partial charge in [-0.05, 0) is 37.3 Å². The summed E-state index contributed by atoms with van der Waals surface area (Å²) in [7, 11) is 2.01. The van der Waals surface area contributed by atoms with E-state index in [2.05, 4.69) is 44.1 Å². The minimum Gasteiger partial charge on any atom is -0.368 e. The van der Waals surface area contributed by atoms with Crippen LogP contribution in [0.2, 0.25) is 0 Å². The Morgan fingerprint density at radius 1 is 1.23 bits per heavy atom. The molecular weight excluding hydrogens is 414 g/mol. The van der Waals surface area contributed by atoms with Crippen molar-refractivity contribution in [1.29, 1.82) is 0 Å². The quantitative estimate of drug-likeness (QED) is 0.172. The fourth-order valence-corrected chi connectivity index (χ4v) is 4.05. The lowest BCUT2D eigenvalue weighted by molar-refractivity contribution is -0.671. The molecule has 158 valence electrons. The highest BCUT2D eigenvalue weighted by atomic mass is 32.1. The van der Waals surface area contributed by atoms with Crippen molar-refractivity contribution in [2.45, 2.75) is 13.5 Å². The first-order valence-corrected chi connectivity index (χ1v) is 10.7. The molecule has 0 aliphatic heterocycles. The van der Waals surface area contributed by atoms with Gasteiger partial charge in [-0.2, -0.15) is 0 Å². The van der Waals surface area contributed by atoms with Crippen molar-refractivity contribution in [3.8, 4) is 0 Å². The van der Waals surface area contributed by atoms with Crippen LogP contribution in [-0.4, -0.2) is 27.6 Å². The standard InChI is InChI=1S/C21H22N7O2S/c1-3-27(13-12-26-11-10-25(2)15-26)17-6-4-16(5-7-17)23-24-21-22-19-9-8-18(28(29)30)14-20(19)31-21/h4-11,14-15H,3,12-13H2,1-2H3/q+1/b24-23+. The summed E-state index contributed by atoms with van der Waals surface area (Å²) in [4.78, 5) is 17.2. The second kappa shape index (κ2) is 9.00. The number of azo groups is 1. The van der Waals surface area contributed by atoms with E-state index in [1.54, 1.807) is 6.07 Å². The van der Waals surface area contributed by atoms with Gasteiger partial charge in [-0.3, -0.25) is 10.1 Å². The highest BCUT2D eigenvalue weighted by Crippen LogP contribution is 2.32. The lowest BCUT2D eigenvalue weighted by Gasteiger charge is -2.22. The minimum atomic E-state index is -0.417. The van der Waals surface area contributed by atoms with Crippen molar-refractivity contribution in [3.63, 3.8) is 0 Å². The molecule has 2 aromatic heterocycles. The molecule has 0 unspecified atom stereocenters. The number of aryl methyl sites for hydroxylation is 1. The van der Waals surface area contributed by atoms with E-state index in [9.17, 15) is 10.1 Å². The number of imidazole rings is 1. The van der Waals surface area contributed by atoms with Crippen LogP contribution < -0.4 is 9.47 Å². The lowest BCUT2D eigenvalue weighted by Crippen LogP contribution is -2.28. The molecule has 0 saturated carbocycles. The van der Waals surface area contributed by atoms with Gasteiger partial charge in [-0.25, -0.2) is 14.1 Å².